The van der Waals surface area contributed by atoms with Crippen LogP contribution in [0.3, 0.4) is 0 Å². The molecule has 0 radical (unpaired) electrons. The number of benzene rings is 1. The number of carbonyl (C=O) groups excluding carboxylic acids is 1. The molecule has 5 nitrogen and oxygen atoms in total. The highest BCUT2D eigenvalue weighted by Crippen LogP contribution is 2.61. The fourth-order valence-corrected chi connectivity index (χ4v) is 5.61. The highest BCUT2D eigenvalue weighted by atomic mass is 79.9. The van der Waals surface area contributed by atoms with Crippen molar-refractivity contribution in [2.45, 2.75) is 53.1 Å². The van der Waals surface area contributed by atoms with Crippen LogP contribution in [-0.4, -0.2) is 21.6 Å². The molecule has 3 fully saturated rings. The molecule has 1 aromatic heterocycles. The minimum absolute atomic E-state index is 0.0705. The van der Waals surface area contributed by atoms with E-state index in [9.17, 15) is 9.59 Å². The fraction of sp³-hybridized carbons (Fsp3) is 0.522. The number of anilines is 1. The first-order valence-corrected chi connectivity index (χ1v) is 11.1. The van der Waals surface area contributed by atoms with E-state index in [1.165, 1.54) is 11.1 Å². The maximum absolute atomic E-state index is 12.8. The number of aromatic nitrogens is 2. The van der Waals surface area contributed by atoms with Crippen LogP contribution in [0.2, 0.25) is 0 Å². The molecule has 2 aromatic rings. The Morgan fingerprint density at radius 2 is 1.97 bits per heavy atom. The first-order valence-electron chi connectivity index (χ1n) is 10.3. The van der Waals surface area contributed by atoms with E-state index in [0.717, 1.165) is 23.8 Å². The summed E-state index contributed by atoms with van der Waals surface area (Å²) in [5.41, 5.74) is 2.52. The summed E-state index contributed by atoms with van der Waals surface area (Å²) in [6, 6.07) is 7.69. The monoisotopic (exact) mass is 457 g/mol. The second-order valence-electron chi connectivity index (χ2n) is 9.33. The lowest BCUT2D eigenvalue weighted by Crippen LogP contribution is -2.58. The molecule has 0 spiro atoms. The van der Waals surface area contributed by atoms with Gasteiger partial charge in [0.1, 0.15) is 11.0 Å². The predicted molar refractivity (Wildman–Crippen MR) is 118 cm³/mol. The van der Waals surface area contributed by atoms with Crippen LogP contribution in [0.25, 0.3) is 0 Å². The third-order valence-corrected chi connectivity index (χ3v) is 8.11. The largest absolute Gasteiger partial charge is 0.380 e. The molecular weight excluding hydrogens is 430 g/mol. The lowest BCUT2D eigenvalue weighted by molar-refractivity contribution is -0.105. The Morgan fingerprint density at radius 1 is 1.28 bits per heavy atom. The normalized spacial score (nSPS) is 27.2. The molecular formula is C23H28BrN3O2. The maximum atomic E-state index is 12.8. The lowest BCUT2D eigenvalue weighted by Gasteiger charge is -2.62. The van der Waals surface area contributed by atoms with Crippen molar-refractivity contribution >= 4 is 27.4 Å². The van der Waals surface area contributed by atoms with Crippen LogP contribution < -0.4 is 10.9 Å². The molecule has 0 saturated heterocycles. The third kappa shape index (κ3) is 3.56. The molecule has 4 atom stereocenters. The second-order valence-corrected chi connectivity index (χ2v) is 10.1. The van der Waals surface area contributed by atoms with E-state index in [1.54, 1.807) is 18.3 Å². The topological polar surface area (TPSA) is 64.0 Å². The van der Waals surface area contributed by atoms with E-state index in [1.807, 2.05) is 19.1 Å². The Balaban J connectivity index is 1.49. The zero-order valence-electron chi connectivity index (χ0n) is 17.4. The van der Waals surface area contributed by atoms with Gasteiger partial charge in [-0.2, -0.15) is 5.10 Å². The van der Waals surface area contributed by atoms with Crippen LogP contribution in [0, 0.1) is 30.1 Å². The number of ketones is 1. The first-order chi connectivity index (χ1) is 13.7. The Kier molecular flexibility index (Phi) is 5.18. The van der Waals surface area contributed by atoms with Gasteiger partial charge in [0.25, 0.3) is 5.56 Å². The molecule has 1 aromatic carbocycles. The summed E-state index contributed by atoms with van der Waals surface area (Å²) in [6.45, 7) is 8.96. The number of carbonyl (C=O) groups is 1. The molecule has 1 heterocycles. The molecule has 6 heteroatoms. The van der Waals surface area contributed by atoms with Gasteiger partial charge in [0, 0.05) is 11.6 Å². The molecule has 29 heavy (non-hydrogen) atoms. The summed E-state index contributed by atoms with van der Waals surface area (Å²) in [6.07, 6.45) is 4.09. The van der Waals surface area contributed by atoms with Gasteiger partial charge >= 0.3 is 0 Å². The van der Waals surface area contributed by atoms with Crippen molar-refractivity contribution in [2.24, 2.45) is 23.2 Å². The average Bonchev–Trinajstić information content (AvgIpc) is 2.69. The van der Waals surface area contributed by atoms with Gasteiger partial charge in [0.15, 0.2) is 5.78 Å². The van der Waals surface area contributed by atoms with E-state index in [-0.39, 0.29) is 17.9 Å². The predicted octanol–water partition coefficient (Wildman–Crippen LogP) is 4.68. The highest BCUT2D eigenvalue weighted by molar-refractivity contribution is 9.10. The molecule has 3 saturated carbocycles. The lowest BCUT2D eigenvalue weighted by atomic mass is 9.45. The van der Waals surface area contributed by atoms with Gasteiger partial charge in [-0.25, -0.2) is 4.68 Å². The summed E-state index contributed by atoms with van der Waals surface area (Å²) >= 11 is 3.44. The molecule has 1 N–H and O–H groups in total. The third-order valence-electron chi connectivity index (χ3n) is 7.35. The summed E-state index contributed by atoms with van der Waals surface area (Å²) in [5, 5.41) is 7.81. The van der Waals surface area contributed by atoms with Crippen molar-refractivity contribution in [1.29, 1.82) is 0 Å². The molecule has 154 valence electrons. The number of aryl methyl sites for hydroxylation is 1. The maximum Gasteiger partial charge on any atom is 0.283 e. The van der Waals surface area contributed by atoms with Gasteiger partial charge in [-0.3, -0.25) is 9.59 Å². The van der Waals surface area contributed by atoms with Crippen LogP contribution in [0.15, 0.2) is 39.7 Å². The summed E-state index contributed by atoms with van der Waals surface area (Å²) in [4.78, 5) is 25.3. The smallest absolute Gasteiger partial charge is 0.283 e. The molecule has 2 bridgehead atoms. The minimum Gasteiger partial charge on any atom is -0.380 e. The van der Waals surface area contributed by atoms with Crippen LogP contribution >= 0.6 is 15.9 Å². The molecule has 0 amide bonds. The number of hydrogen-bond acceptors (Lipinski definition) is 4. The number of hydrogen-bond donors (Lipinski definition) is 1. The van der Waals surface area contributed by atoms with E-state index < -0.39 is 0 Å². The van der Waals surface area contributed by atoms with Crippen molar-refractivity contribution < 1.29 is 4.79 Å². The number of nitrogens with zero attached hydrogens (tertiary/aromatic N) is 2. The Hall–Kier alpha value is -1.95. The number of rotatable bonds is 5. The van der Waals surface area contributed by atoms with Crippen LogP contribution in [0.1, 0.15) is 49.5 Å². The summed E-state index contributed by atoms with van der Waals surface area (Å²) in [5.74, 6) is 1.88. The first kappa shape index (κ1) is 20.3. The molecule has 5 rings (SSSR count). The van der Waals surface area contributed by atoms with Crippen LogP contribution in [-0.2, 0) is 6.54 Å². The number of Topliss-reactive ketones (excluding diaryl/α,β-unsaturated/α-hetero) is 1. The fourth-order valence-electron chi connectivity index (χ4n) is 5.19. The number of nitrogens with one attached hydrogen (secondary N) is 1. The zero-order chi connectivity index (χ0) is 20.9. The second kappa shape index (κ2) is 7.38. The van der Waals surface area contributed by atoms with Gasteiger partial charge in [0.2, 0.25) is 0 Å². The molecule has 0 unspecified atom stereocenters. The quantitative estimate of drug-likeness (QED) is 0.661. The van der Waals surface area contributed by atoms with Crippen LogP contribution in [0.5, 0.6) is 0 Å². The Morgan fingerprint density at radius 3 is 2.59 bits per heavy atom. The standard InChI is InChI=1S/C23H28BrN3O2/c1-13-5-7-15(8-6-13)20(28)12-27-22(29)21(24)19(11-25-27)26-18-10-16-9-17(14(18)2)23(16,3)4/h5-8,11,14,16-18,26H,9-10,12H2,1-4H3/t14-,16+,17-,18-/m1/s1. The summed E-state index contributed by atoms with van der Waals surface area (Å²) < 4.78 is 1.66. The summed E-state index contributed by atoms with van der Waals surface area (Å²) in [7, 11) is 0. The molecule has 3 aliphatic carbocycles. The average molecular weight is 458 g/mol. The number of halogens is 1. The van der Waals surface area contributed by atoms with Crippen LogP contribution in [0.4, 0.5) is 5.69 Å². The van der Waals surface area contributed by atoms with Crippen molar-refractivity contribution in [2.75, 3.05) is 5.32 Å². The van der Waals surface area contributed by atoms with Crippen molar-refractivity contribution in [3.8, 4) is 0 Å². The van der Waals surface area contributed by atoms with Crippen molar-refractivity contribution in [3.63, 3.8) is 0 Å². The molecule has 0 aliphatic heterocycles. The highest BCUT2D eigenvalue weighted by Gasteiger charge is 2.56. The number of fused-ring (bicyclic) bond motifs is 2. The van der Waals surface area contributed by atoms with E-state index in [2.05, 4.69) is 47.1 Å². The Bertz CT molecular complexity index is 996. The SMILES string of the molecule is Cc1ccc(C(=O)Cn2ncc(N[C@@H]3C[C@@H]4C[C@H]([C@H]3C)C4(C)C)c(Br)c2=O)cc1. The Labute approximate surface area is 180 Å². The van der Waals surface area contributed by atoms with E-state index in [4.69, 9.17) is 0 Å². The van der Waals surface area contributed by atoms with Gasteiger partial charge in [-0.05, 0) is 58.9 Å². The van der Waals surface area contributed by atoms with E-state index in [0.29, 0.717) is 33.1 Å². The van der Waals surface area contributed by atoms with Crippen molar-refractivity contribution in [1.82, 2.24) is 9.78 Å². The van der Waals surface area contributed by atoms with Gasteiger partial charge in [0.05, 0.1) is 11.9 Å². The van der Waals surface area contributed by atoms with Gasteiger partial charge < -0.3 is 5.32 Å². The van der Waals surface area contributed by atoms with Crippen molar-refractivity contribution in [3.05, 3.63) is 56.4 Å². The molecule has 3 aliphatic rings. The minimum atomic E-state index is -0.288. The zero-order valence-corrected chi connectivity index (χ0v) is 19.0. The van der Waals surface area contributed by atoms with E-state index >= 15 is 0 Å². The van der Waals surface area contributed by atoms with Gasteiger partial charge in [-0.1, -0.05) is 50.6 Å². The van der Waals surface area contributed by atoms with Gasteiger partial charge in [-0.15, -0.1) is 0 Å².